The number of benzene rings is 2. The maximum atomic E-state index is 5.92. The monoisotopic (exact) mass is 299 g/mol. The lowest BCUT2D eigenvalue weighted by atomic mass is 10.1. The number of nitrogens with one attached hydrogen (secondary N) is 1. The van der Waals surface area contributed by atoms with Crippen LogP contribution in [-0.2, 0) is 13.6 Å². The zero-order chi connectivity index (χ0) is 14.8. The zero-order valence-corrected chi connectivity index (χ0v) is 12.9. The van der Waals surface area contributed by atoms with Crippen LogP contribution >= 0.6 is 11.6 Å². The molecule has 1 heterocycles. The number of nitrogens with zero attached hydrogens (tertiary/aromatic N) is 2. The summed E-state index contributed by atoms with van der Waals surface area (Å²) in [5, 5.41) is 4.28. The second kappa shape index (κ2) is 5.88. The van der Waals surface area contributed by atoms with Crippen LogP contribution in [0.25, 0.3) is 11.0 Å². The van der Waals surface area contributed by atoms with Gasteiger partial charge in [-0.2, -0.15) is 0 Å². The Balaban J connectivity index is 1.74. The highest BCUT2D eigenvalue weighted by molar-refractivity contribution is 6.30. The van der Waals surface area contributed by atoms with Gasteiger partial charge in [-0.05, 0) is 36.8 Å². The number of aromatic nitrogens is 2. The van der Waals surface area contributed by atoms with Gasteiger partial charge in [0.05, 0.1) is 17.6 Å². The van der Waals surface area contributed by atoms with Crippen molar-refractivity contribution >= 4 is 22.6 Å². The van der Waals surface area contributed by atoms with Crippen molar-refractivity contribution in [1.82, 2.24) is 14.9 Å². The van der Waals surface area contributed by atoms with Crippen LogP contribution in [0.2, 0.25) is 5.02 Å². The molecule has 0 fully saturated rings. The van der Waals surface area contributed by atoms with Crippen LogP contribution in [0.5, 0.6) is 0 Å². The lowest BCUT2D eigenvalue weighted by Gasteiger charge is -2.14. The molecule has 21 heavy (non-hydrogen) atoms. The van der Waals surface area contributed by atoms with Crippen LogP contribution < -0.4 is 5.32 Å². The van der Waals surface area contributed by atoms with Gasteiger partial charge in [-0.3, -0.25) is 0 Å². The van der Waals surface area contributed by atoms with Crippen molar-refractivity contribution in [2.75, 3.05) is 0 Å². The molecule has 0 spiro atoms. The first-order chi connectivity index (χ1) is 10.1. The third kappa shape index (κ3) is 2.94. The Morgan fingerprint density at radius 2 is 1.86 bits per heavy atom. The van der Waals surface area contributed by atoms with E-state index in [0.29, 0.717) is 0 Å². The molecule has 3 nitrogen and oxygen atoms in total. The predicted octanol–water partition coefficient (Wildman–Crippen LogP) is 4.08. The van der Waals surface area contributed by atoms with E-state index in [4.69, 9.17) is 11.6 Å². The summed E-state index contributed by atoms with van der Waals surface area (Å²) in [6.45, 7) is 2.88. The van der Waals surface area contributed by atoms with E-state index in [-0.39, 0.29) is 6.04 Å². The molecule has 0 aliphatic rings. The summed E-state index contributed by atoms with van der Waals surface area (Å²) in [6.07, 6.45) is 0. The van der Waals surface area contributed by atoms with E-state index < -0.39 is 0 Å². The molecule has 2 aromatic carbocycles. The van der Waals surface area contributed by atoms with Gasteiger partial charge >= 0.3 is 0 Å². The molecule has 0 amide bonds. The van der Waals surface area contributed by atoms with Gasteiger partial charge in [-0.1, -0.05) is 35.9 Å². The van der Waals surface area contributed by atoms with Crippen LogP contribution in [0.3, 0.4) is 0 Å². The summed E-state index contributed by atoms with van der Waals surface area (Å²) in [4.78, 5) is 4.67. The number of fused-ring (bicyclic) bond motifs is 1. The Labute approximate surface area is 129 Å². The summed E-state index contributed by atoms with van der Waals surface area (Å²) < 4.78 is 2.14. The Kier molecular flexibility index (Phi) is 3.95. The maximum Gasteiger partial charge on any atom is 0.123 e. The molecule has 3 aromatic rings. The molecule has 1 aromatic heterocycles. The average molecular weight is 300 g/mol. The number of halogens is 1. The third-order valence-electron chi connectivity index (χ3n) is 3.82. The number of rotatable bonds is 4. The van der Waals surface area contributed by atoms with E-state index in [1.807, 2.05) is 30.3 Å². The number of hydrogen-bond donors (Lipinski definition) is 1. The minimum absolute atomic E-state index is 0.252. The van der Waals surface area contributed by atoms with E-state index in [9.17, 15) is 0 Å². The molecule has 108 valence electrons. The van der Waals surface area contributed by atoms with Crippen molar-refractivity contribution < 1.29 is 0 Å². The topological polar surface area (TPSA) is 29.9 Å². The van der Waals surface area contributed by atoms with Crippen LogP contribution in [0, 0.1) is 0 Å². The zero-order valence-electron chi connectivity index (χ0n) is 12.2. The smallest absolute Gasteiger partial charge is 0.123 e. The summed E-state index contributed by atoms with van der Waals surface area (Å²) in [6, 6.07) is 16.4. The molecule has 3 rings (SSSR count). The van der Waals surface area contributed by atoms with Crippen molar-refractivity contribution in [2.24, 2.45) is 7.05 Å². The van der Waals surface area contributed by atoms with Crippen LogP contribution in [0.1, 0.15) is 24.4 Å². The fourth-order valence-electron chi connectivity index (χ4n) is 2.47. The number of aryl methyl sites for hydroxylation is 1. The second-order valence-electron chi connectivity index (χ2n) is 5.23. The van der Waals surface area contributed by atoms with Gasteiger partial charge < -0.3 is 9.88 Å². The van der Waals surface area contributed by atoms with Gasteiger partial charge in [0.25, 0.3) is 0 Å². The van der Waals surface area contributed by atoms with Crippen LogP contribution in [0.15, 0.2) is 48.5 Å². The van der Waals surface area contributed by atoms with Gasteiger partial charge in [0.15, 0.2) is 0 Å². The highest BCUT2D eigenvalue weighted by Gasteiger charge is 2.09. The highest BCUT2D eigenvalue weighted by atomic mass is 35.5. The molecule has 0 aliphatic carbocycles. The van der Waals surface area contributed by atoms with Crippen LogP contribution in [0.4, 0.5) is 0 Å². The van der Waals surface area contributed by atoms with E-state index >= 15 is 0 Å². The van der Waals surface area contributed by atoms with Gasteiger partial charge in [-0.25, -0.2) is 4.98 Å². The summed E-state index contributed by atoms with van der Waals surface area (Å²) in [7, 11) is 2.05. The Hall–Kier alpha value is -1.84. The fourth-order valence-corrected chi connectivity index (χ4v) is 2.59. The Morgan fingerprint density at radius 3 is 2.57 bits per heavy atom. The van der Waals surface area contributed by atoms with Gasteiger partial charge in [0, 0.05) is 18.1 Å². The largest absolute Gasteiger partial charge is 0.330 e. The van der Waals surface area contributed by atoms with E-state index in [0.717, 1.165) is 28.4 Å². The van der Waals surface area contributed by atoms with E-state index in [2.05, 4.69) is 47.0 Å². The first-order valence-electron chi connectivity index (χ1n) is 7.04. The number of hydrogen-bond acceptors (Lipinski definition) is 2. The lowest BCUT2D eigenvalue weighted by molar-refractivity contribution is 0.551. The molecule has 1 N–H and O–H groups in total. The Bertz CT molecular complexity index is 746. The average Bonchev–Trinajstić information content (AvgIpc) is 2.82. The molecule has 0 saturated carbocycles. The number of para-hydroxylation sites is 2. The quantitative estimate of drug-likeness (QED) is 0.787. The summed E-state index contributed by atoms with van der Waals surface area (Å²) >= 11 is 5.92. The number of imidazole rings is 1. The molecule has 0 unspecified atom stereocenters. The first-order valence-corrected chi connectivity index (χ1v) is 7.42. The van der Waals surface area contributed by atoms with Crippen molar-refractivity contribution in [1.29, 1.82) is 0 Å². The third-order valence-corrected chi connectivity index (χ3v) is 4.07. The van der Waals surface area contributed by atoms with Crippen molar-refractivity contribution in [3.63, 3.8) is 0 Å². The minimum atomic E-state index is 0.252. The normalized spacial score (nSPS) is 12.7. The van der Waals surface area contributed by atoms with Gasteiger partial charge in [0.1, 0.15) is 5.82 Å². The summed E-state index contributed by atoms with van der Waals surface area (Å²) in [5.41, 5.74) is 3.42. The molecule has 0 bridgehead atoms. The van der Waals surface area contributed by atoms with E-state index in [1.54, 1.807) is 0 Å². The van der Waals surface area contributed by atoms with Gasteiger partial charge in [-0.15, -0.1) is 0 Å². The molecule has 0 radical (unpaired) electrons. The minimum Gasteiger partial charge on any atom is -0.330 e. The SMILES string of the molecule is C[C@@H](NCc1nc2ccccc2n1C)c1ccc(Cl)cc1. The molecule has 4 heteroatoms. The van der Waals surface area contributed by atoms with Crippen molar-refractivity contribution in [3.05, 3.63) is 64.9 Å². The van der Waals surface area contributed by atoms with Crippen molar-refractivity contribution in [2.45, 2.75) is 19.5 Å². The van der Waals surface area contributed by atoms with Crippen molar-refractivity contribution in [3.8, 4) is 0 Å². The van der Waals surface area contributed by atoms with Crippen LogP contribution in [-0.4, -0.2) is 9.55 Å². The highest BCUT2D eigenvalue weighted by Crippen LogP contribution is 2.18. The predicted molar refractivity (Wildman–Crippen MR) is 87.4 cm³/mol. The first kappa shape index (κ1) is 14.1. The van der Waals surface area contributed by atoms with Gasteiger partial charge in [0.2, 0.25) is 0 Å². The Morgan fingerprint density at radius 1 is 1.14 bits per heavy atom. The standard InChI is InChI=1S/C17H18ClN3/c1-12(13-7-9-14(18)10-8-13)19-11-17-20-15-5-3-4-6-16(15)21(17)2/h3-10,12,19H,11H2,1-2H3/t12-/m1/s1. The fraction of sp³-hybridized carbons (Fsp3) is 0.235. The molecular formula is C17H18ClN3. The van der Waals surface area contributed by atoms with E-state index in [1.165, 1.54) is 5.56 Å². The maximum absolute atomic E-state index is 5.92. The molecule has 0 saturated heterocycles. The molecular weight excluding hydrogens is 282 g/mol. The lowest BCUT2D eigenvalue weighted by Crippen LogP contribution is -2.20. The molecule has 0 aliphatic heterocycles. The molecule has 1 atom stereocenters. The second-order valence-corrected chi connectivity index (χ2v) is 5.67. The summed E-state index contributed by atoms with van der Waals surface area (Å²) in [5.74, 6) is 1.04.